The van der Waals surface area contributed by atoms with Crippen molar-refractivity contribution in [1.82, 2.24) is 4.90 Å². The Kier molecular flexibility index (Phi) is 51.4. The summed E-state index contributed by atoms with van der Waals surface area (Å²) in [6, 6.07) is 0. The molecule has 0 atom stereocenters. The van der Waals surface area contributed by atoms with Gasteiger partial charge in [-0.1, -0.05) is 20.8 Å². The molecule has 0 aromatic heterocycles. The van der Waals surface area contributed by atoms with Crippen LogP contribution in [-0.2, 0) is 45.6 Å². The van der Waals surface area contributed by atoms with Crippen molar-refractivity contribution >= 4 is 31.2 Å². The highest BCUT2D eigenvalue weighted by molar-refractivity contribution is 7.53. The molecule has 0 unspecified atom stereocenters. The maximum absolute atomic E-state index is 11.1. The van der Waals surface area contributed by atoms with Crippen LogP contribution >= 0.6 is 24.5 Å². The molecule has 0 aliphatic heterocycles. The molecular weight excluding hydrogens is 547 g/mol. The van der Waals surface area contributed by atoms with Crippen LogP contribution in [0.2, 0.25) is 0 Å². The van der Waals surface area contributed by atoms with E-state index in [-0.39, 0.29) is 13.2 Å². The summed E-state index contributed by atoms with van der Waals surface area (Å²) < 4.78 is 55.4. The molecule has 0 aliphatic carbocycles. The number of nitrogens with zero attached hydrogens (tertiary/aromatic N) is 1. The van der Waals surface area contributed by atoms with Crippen LogP contribution in [0.15, 0.2) is 0 Å². The number of carbonyl (C=O) groups excluding carboxylic acids is 1. The minimum atomic E-state index is -3.14. The first-order chi connectivity index (χ1) is 17.7. The van der Waals surface area contributed by atoms with Crippen LogP contribution in [-0.4, -0.2) is 89.0 Å². The molecule has 15 heteroatoms. The average molecular weight is 603 g/mol. The first-order valence-corrected chi connectivity index (χ1v) is 16.5. The molecule has 0 spiro atoms. The number of rotatable bonds is 18. The van der Waals surface area contributed by atoms with E-state index in [1.54, 1.807) is 27.7 Å². The van der Waals surface area contributed by atoms with Gasteiger partial charge < -0.3 is 37.4 Å². The molecule has 0 radical (unpaired) electrons. The molecule has 0 heterocycles. The second-order valence-electron chi connectivity index (χ2n) is 5.74. The van der Waals surface area contributed by atoms with Gasteiger partial charge in [-0.2, -0.15) is 0 Å². The molecule has 12 nitrogen and oxygen atoms in total. The molecule has 0 bridgehead atoms. The van der Waals surface area contributed by atoms with Gasteiger partial charge in [0.2, 0.25) is 0 Å². The lowest BCUT2D eigenvalue weighted by Crippen LogP contribution is -2.21. The Morgan fingerprint density at radius 1 is 0.676 bits per heavy atom. The summed E-state index contributed by atoms with van der Waals surface area (Å²) in [6.07, 6.45) is -0.547. The zero-order valence-corrected chi connectivity index (χ0v) is 27.5. The fourth-order valence-electron chi connectivity index (χ4n) is 1.86. The molecule has 0 amide bonds. The Morgan fingerprint density at radius 2 is 1.00 bits per heavy atom. The minimum Gasteiger partial charge on any atom is -0.384 e. The zero-order valence-electron chi connectivity index (χ0n) is 24.8. The lowest BCUT2D eigenvalue weighted by Gasteiger charge is -2.13. The predicted molar refractivity (Wildman–Crippen MR) is 151 cm³/mol. The van der Waals surface area contributed by atoms with E-state index in [0.717, 1.165) is 0 Å². The van der Waals surface area contributed by atoms with Crippen LogP contribution in [0, 0.1) is 0 Å². The maximum atomic E-state index is 11.1. The Labute approximate surface area is 228 Å². The SMILES string of the molecule is C=O.CCN(CC)CC.CCOP(=O)(CO)OCC.CCOP(OCC)OCC.CCO[P+](=O)OCC. The highest BCUT2D eigenvalue weighted by Crippen LogP contribution is 2.46. The maximum Gasteiger partial charge on any atom is 0.697 e. The number of hydrogen-bond acceptors (Lipinski definition) is 12. The van der Waals surface area contributed by atoms with Gasteiger partial charge in [0.05, 0.1) is 33.0 Å². The van der Waals surface area contributed by atoms with Gasteiger partial charge in [0.15, 0.2) is 0 Å². The van der Waals surface area contributed by atoms with Crippen LogP contribution in [0.25, 0.3) is 0 Å². The van der Waals surface area contributed by atoms with E-state index in [0.29, 0.717) is 33.0 Å². The molecule has 0 aromatic carbocycles. The third-order valence-electron chi connectivity index (χ3n) is 3.34. The molecular formula is C22H55NO11P3+. The summed E-state index contributed by atoms with van der Waals surface area (Å²) in [5.74, 6) is 0. The lowest BCUT2D eigenvalue weighted by atomic mass is 10.5. The molecule has 0 saturated heterocycles. The van der Waals surface area contributed by atoms with Gasteiger partial charge in [-0.15, -0.1) is 9.05 Å². The average Bonchev–Trinajstić information content (AvgIpc) is 2.89. The number of aliphatic hydroxyl groups is 1. The van der Waals surface area contributed by atoms with E-state index < -0.39 is 30.8 Å². The largest absolute Gasteiger partial charge is 0.697 e. The van der Waals surface area contributed by atoms with E-state index in [1.165, 1.54) is 19.6 Å². The van der Waals surface area contributed by atoms with Crippen molar-refractivity contribution in [1.29, 1.82) is 0 Å². The normalized spacial score (nSPS) is 10.2. The van der Waals surface area contributed by atoms with Gasteiger partial charge >= 0.3 is 24.5 Å². The smallest absolute Gasteiger partial charge is 0.384 e. The Balaban J connectivity index is -0.000000121. The van der Waals surface area contributed by atoms with E-state index in [4.69, 9.17) is 32.5 Å². The zero-order chi connectivity index (χ0) is 30.0. The molecule has 37 heavy (non-hydrogen) atoms. The minimum absolute atomic E-state index is 0.290. The summed E-state index contributed by atoms with van der Waals surface area (Å²) in [4.78, 5) is 10.4. The van der Waals surface area contributed by atoms with Gasteiger partial charge in [-0.25, -0.2) is 0 Å². The van der Waals surface area contributed by atoms with Crippen molar-refractivity contribution < 1.29 is 50.7 Å². The van der Waals surface area contributed by atoms with E-state index in [9.17, 15) is 9.13 Å². The van der Waals surface area contributed by atoms with Crippen molar-refractivity contribution in [3.8, 4) is 0 Å². The number of hydrogen-bond donors (Lipinski definition) is 1. The van der Waals surface area contributed by atoms with Crippen LogP contribution in [0.3, 0.4) is 0 Å². The quantitative estimate of drug-likeness (QED) is 0.174. The Morgan fingerprint density at radius 3 is 1.16 bits per heavy atom. The summed E-state index contributed by atoms with van der Waals surface area (Å²) in [6.45, 7) is 28.2. The highest BCUT2D eigenvalue weighted by atomic mass is 31.2. The van der Waals surface area contributed by atoms with Crippen molar-refractivity contribution in [3.05, 3.63) is 0 Å². The lowest BCUT2D eigenvalue weighted by molar-refractivity contribution is -0.0980. The third kappa shape index (κ3) is 40.7. The first kappa shape index (κ1) is 46.9. The van der Waals surface area contributed by atoms with Crippen molar-refractivity contribution in [2.75, 3.05) is 72.2 Å². The van der Waals surface area contributed by atoms with E-state index in [2.05, 4.69) is 34.7 Å². The molecule has 0 aliphatic rings. The van der Waals surface area contributed by atoms with Crippen LogP contribution in [0.1, 0.15) is 69.2 Å². The van der Waals surface area contributed by atoms with Gasteiger partial charge in [0.25, 0.3) is 0 Å². The summed E-state index contributed by atoms with van der Waals surface area (Å²) in [7, 11) is -6.04. The van der Waals surface area contributed by atoms with Gasteiger partial charge in [-0.05, 0) is 68.1 Å². The standard InChI is InChI=1S/C6H15N.C6H15O3P.C5H13O4P.C4H10O3P.CH2O/c1-4-7(5-2)6-3;1-4-7-10(8-5-2)9-6-3;1-3-8-10(7,5-6)9-4-2;1-3-6-8(5)7-4-2;1-2/h4-6H2,1-3H3;4-6H2,1-3H3;6H,3-5H2,1-2H3;3-4H2,1-2H3;1H2/q;;;+1;. The molecule has 228 valence electrons. The molecule has 1 N–H and O–H groups in total. The van der Waals surface area contributed by atoms with Crippen LogP contribution in [0.4, 0.5) is 0 Å². The van der Waals surface area contributed by atoms with Gasteiger partial charge in [-0.3, -0.25) is 4.57 Å². The van der Waals surface area contributed by atoms with Crippen LogP contribution < -0.4 is 0 Å². The predicted octanol–water partition coefficient (Wildman–Crippen LogP) is 6.41. The van der Waals surface area contributed by atoms with Crippen molar-refractivity contribution in [2.45, 2.75) is 69.2 Å². The fraction of sp³-hybridized carbons (Fsp3) is 0.955. The van der Waals surface area contributed by atoms with Gasteiger partial charge in [0, 0.05) is 4.57 Å². The monoisotopic (exact) mass is 602 g/mol. The first-order valence-electron chi connectivity index (χ1n) is 12.6. The second kappa shape index (κ2) is 40.6. The van der Waals surface area contributed by atoms with E-state index >= 15 is 0 Å². The van der Waals surface area contributed by atoms with Crippen molar-refractivity contribution in [3.63, 3.8) is 0 Å². The molecule has 0 saturated carbocycles. The van der Waals surface area contributed by atoms with Crippen molar-refractivity contribution in [2.24, 2.45) is 0 Å². The van der Waals surface area contributed by atoms with E-state index in [1.807, 2.05) is 27.6 Å². The molecule has 0 fully saturated rings. The molecule has 0 rings (SSSR count). The van der Waals surface area contributed by atoms with Gasteiger partial charge in [0.1, 0.15) is 26.4 Å². The summed E-state index contributed by atoms with van der Waals surface area (Å²) in [5, 5.41) is 8.53. The fourth-order valence-corrected chi connectivity index (χ4v) is 4.24. The topological polar surface area (TPSA) is 139 Å². The third-order valence-corrected chi connectivity index (χ3v) is 7.33. The Bertz CT molecular complexity index is 439. The Hall–Kier alpha value is 0.0700. The second-order valence-corrected chi connectivity index (χ2v) is 9.95. The summed E-state index contributed by atoms with van der Waals surface area (Å²) in [5.41, 5.74) is 0. The number of carbonyl (C=O) groups is 1. The highest BCUT2D eigenvalue weighted by Gasteiger charge is 2.21. The molecule has 0 aromatic rings. The van der Waals surface area contributed by atoms with Crippen LogP contribution in [0.5, 0.6) is 0 Å². The summed E-state index contributed by atoms with van der Waals surface area (Å²) >= 11 is 0. The number of aliphatic hydroxyl groups excluding tert-OH is 1.